The topological polar surface area (TPSA) is 75.7 Å². The SMILES string of the molecule is Cc1ccccc1C(=O)Nc1ccc(S(=O)(=O)N2C[C@H](C)Oc3ccccc32)cc1. The largest absolute Gasteiger partial charge is 0.487 e. The third-order valence-electron chi connectivity index (χ3n) is 4.97. The minimum atomic E-state index is -3.77. The molecule has 4 rings (SSSR count). The number of para-hydroxylation sites is 2. The zero-order valence-corrected chi connectivity index (χ0v) is 17.5. The summed E-state index contributed by atoms with van der Waals surface area (Å²) in [5, 5.41) is 2.81. The number of carbonyl (C=O) groups is 1. The van der Waals surface area contributed by atoms with E-state index in [1.807, 2.05) is 32.0 Å². The molecule has 1 aliphatic heterocycles. The van der Waals surface area contributed by atoms with Crippen LogP contribution in [0.3, 0.4) is 0 Å². The molecule has 30 heavy (non-hydrogen) atoms. The molecule has 1 amide bonds. The van der Waals surface area contributed by atoms with E-state index in [-0.39, 0.29) is 23.5 Å². The van der Waals surface area contributed by atoms with E-state index in [2.05, 4.69) is 5.32 Å². The molecule has 6 nitrogen and oxygen atoms in total. The van der Waals surface area contributed by atoms with E-state index in [1.54, 1.807) is 42.5 Å². The quantitative estimate of drug-likeness (QED) is 0.683. The molecule has 3 aromatic carbocycles. The zero-order valence-electron chi connectivity index (χ0n) is 16.7. The number of anilines is 2. The maximum atomic E-state index is 13.3. The van der Waals surface area contributed by atoms with Crippen LogP contribution in [0.15, 0.2) is 77.7 Å². The predicted molar refractivity (Wildman–Crippen MR) is 117 cm³/mol. The fraction of sp³-hybridized carbons (Fsp3) is 0.174. The maximum absolute atomic E-state index is 13.3. The summed E-state index contributed by atoms with van der Waals surface area (Å²) in [6.45, 7) is 3.93. The Kier molecular flexibility index (Phi) is 5.22. The lowest BCUT2D eigenvalue weighted by atomic mass is 10.1. The van der Waals surface area contributed by atoms with Gasteiger partial charge in [0.1, 0.15) is 11.9 Å². The Morgan fingerprint density at radius 2 is 1.67 bits per heavy atom. The smallest absolute Gasteiger partial charge is 0.264 e. The summed E-state index contributed by atoms with van der Waals surface area (Å²) in [6, 6.07) is 20.6. The first kappa shape index (κ1) is 20.0. The van der Waals surface area contributed by atoms with Crippen molar-refractivity contribution in [2.75, 3.05) is 16.2 Å². The lowest BCUT2D eigenvalue weighted by Crippen LogP contribution is -2.42. The van der Waals surface area contributed by atoms with Crippen LogP contribution in [0.25, 0.3) is 0 Å². The summed E-state index contributed by atoms with van der Waals surface area (Å²) in [6.07, 6.45) is -0.262. The van der Waals surface area contributed by atoms with E-state index < -0.39 is 10.0 Å². The number of hydrogen-bond donors (Lipinski definition) is 1. The molecule has 0 spiro atoms. The number of carbonyl (C=O) groups excluding carboxylic acids is 1. The minimum Gasteiger partial charge on any atom is -0.487 e. The van der Waals surface area contributed by atoms with Crippen molar-refractivity contribution in [2.24, 2.45) is 0 Å². The summed E-state index contributed by atoms with van der Waals surface area (Å²) in [5.74, 6) is 0.307. The average molecular weight is 423 g/mol. The molecule has 1 atom stereocenters. The maximum Gasteiger partial charge on any atom is 0.264 e. The lowest BCUT2D eigenvalue weighted by molar-refractivity contribution is 0.102. The van der Waals surface area contributed by atoms with Crippen LogP contribution in [0.2, 0.25) is 0 Å². The molecule has 0 unspecified atom stereocenters. The predicted octanol–water partition coefficient (Wildman–Crippen LogP) is 4.22. The monoisotopic (exact) mass is 422 g/mol. The van der Waals surface area contributed by atoms with Crippen LogP contribution in [-0.2, 0) is 10.0 Å². The first-order chi connectivity index (χ1) is 14.4. The van der Waals surface area contributed by atoms with Gasteiger partial charge in [0, 0.05) is 11.3 Å². The second-order valence-corrected chi connectivity index (χ2v) is 9.09. The van der Waals surface area contributed by atoms with Gasteiger partial charge in [0.05, 0.1) is 17.1 Å². The number of fused-ring (bicyclic) bond motifs is 1. The molecule has 1 aliphatic rings. The summed E-state index contributed by atoms with van der Waals surface area (Å²) < 4.78 is 33.7. The van der Waals surface area contributed by atoms with Crippen LogP contribution in [0.4, 0.5) is 11.4 Å². The van der Waals surface area contributed by atoms with Gasteiger partial charge in [-0.15, -0.1) is 0 Å². The number of rotatable bonds is 4. The summed E-state index contributed by atoms with van der Waals surface area (Å²) in [4.78, 5) is 12.6. The highest BCUT2D eigenvalue weighted by atomic mass is 32.2. The molecule has 1 heterocycles. The Labute approximate surface area is 176 Å². The van der Waals surface area contributed by atoms with E-state index >= 15 is 0 Å². The highest BCUT2D eigenvalue weighted by molar-refractivity contribution is 7.92. The van der Waals surface area contributed by atoms with Gasteiger partial charge in [-0.2, -0.15) is 0 Å². The Balaban J connectivity index is 1.58. The Morgan fingerprint density at radius 1 is 1.00 bits per heavy atom. The number of sulfonamides is 1. The highest BCUT2D eigenvalue weighted by Crippen LogP contribution is 2.36. The van der Waals surface area contributed by atoms with Gasteiger partial charge in [-0.1, -0.05) is 30.3 Å². The van der Waals surface area contributed by atoms with Gasteiger partial charge >= 0.3 is 0 Å². The molecule has 0 bridgehead atoms. The average Bonchev–Trinajstić information content (AvgIpc) is 2.73. The molecule has 0 radical (unpaired) electrons. The molecular formula is C23H22N2O4S. The van der Waals surface area contributed by atoms with Crippen molar-refractivity contribution in [3.05, 3.63) is 83.9 Å². The third-order valence-corrected chi connectivity index (χ3v) is 6.77. The lowest BCUT2D eigenvalue weighted by Gasteiger charge is -2.34. The molecular weight excluding hydrogens is 400 g/mol. The fourth-order valence-corrected chi connectivity index (χ4v) is 4.99. The number of hydrogen-bond acceptors (Lipinski definition) is 4. The zero-order chi connectivity index (χ0) is 21.3. The number of aryl methyl sites for hydroxylation is 1. The fourth-order valence-electron chi connectivity index (χ4n) is 3.44. The molecule has 154 valence electrons. The second-order valence-electron chi connectivity index (χ2n) is 7.23. The Morgan fingerprint density at radius 3 is 2.40 bits per heavy atom. The normalized spacial score (nSPS) is 15.8. The Hall–Kier alpha value is -3.32. The summed E-state index contributed by atoms with van der Waals surface area (Å²) in [5.41, 5.74) is 2.49. The number of ether oxygens (including phenoxy) is 1. The first-order valence-corrected chi connectivity index (χ1v) is 11.1. The van der Waals surface area contributed by atoms with E-state index in [0.717, 1.165) is 5.56 Å². The van der Waals surface area contributed by atoms with Gasteiger partial charge < -0.3 is 10.1 Å². The summed E-state index contributed by atoms with van der Waals surface area (Å²) in [7, 11) is -3.77. The molecule has 0 fully saturated rings. The standard InChI is InChI=1S/C23H22N2O4S/c1-16-7-3-4-8-20(16)23(26)24-18-11-13-19(14-12-18)30(27,28)25-15-17(2)29-22-10-6-5-9-21(22)25/h3-14,17H,15H2,1-2H3,(H,24,26)/t17-/m0/s1. The van der Waals surface area contributed by atoms with Crippen molar-refractivity contribution >= 4 is 27.3 Å². The van der Waals surface area contributed by atoms with Crippen molar-refractivity contribution in [1.82, 2.24) is 0 Å². The van der Waals surface area contributed by atoms with Crippen molar-refractivity contribution in [1.29, 1.82) is 0 Å². The van der Waals surface area contributed by atoms with Crippen molar-refractivity contribution in [3.63, 3.8) is 0 Å². The van der Waals surface area contributed by atoms with Crippen LogP contribution in [0.5, 0.6) is 5.75 Å². The number of amides is 1. The number of benzene rings is 3. The molecule has 1 N–H and O–H groups in total. The number of nitrogens with one attached hydrogen (secondary N) is 1. The van der Waals surface area contributed by atoms with Crippen LogP contribution in [-0.4, -0.2) is 27.0 Å². The van der Waals surface area contributed by atoms with Gasteiger partial charge in [0.2, 0.25) is 0 Å². The van der Waals surface area contributed by atoms with E-state index in [1.165, 1.54) is 16.4 Å². The second kappa shape index (κ2) is 7.84. The number of nitrogens with zero attached hydrogens (tertiary/aromatic N) is 1. The van der Waals surface area contributed by atoms with Crippen LogP contribution >= 0.6 is 0 Å². The van der Waals surface area contributed by atoms with Crippen LogP contribution in [0.1, 0.15) is 22.8 Å². The summed E-state index contributed by atoms with van der Waals surface area (Å²) >= 11 is 0. The first-order valence-electron chi connectivity index (χ1n) is 9.62. The van der Waals surface area contributed by atoms with E-state index in [4.69, 9.17) is 4.74 Å². The molecule has 0 aromatic heterocycles. The highest BCUT2D eigenvalue weighted by Gasteiger charge is 2.32. The van der Waals surface area contributed by atoms with Gasteiger partial charge in [0.15, 0.2) is 0 Å². The minimum absolute atomic E-state index is 0.153. The van der Waals surface area contributed by atoms with Crippen molar-refractivity contribution < 1.29 is 17.9 Å². The van der Waals surface area contributed by atoms with Gasteiger partial charge in [-0.3, -0.25) is 9.10 Å². The van der Waals surface area contributed by atoms with Gasteiger partial charge in [-0.05, 0) is 61.9 Å². The van der Waals surface area contributed by atoms with Crippen LogP contribution < -0.4 is 14.4 Å². The molecule has 0 aliphatic carbocycles. The third kappa shape index (κ3) is 3.76. The van der Waals surface area contributed by atoms with Gasteiger partial charge in [0.25, 0.3) is 15.9 Å². The molecule has 0 saturated carbocycles. The van der Waals surface area contributed by atoms with E-state index in [0.29, 0.717) is 22.7 Å². The Bertz CT molecular complexity index is 1190. The van der Waals surface area contributed by atoms with Crippen LogP contribution in [0, 0.1) is 6.92 Å². The molecule has 7 heteroatoms. The van der Waals surface area contributed by atoms with Crippen molar-refractivity contribution in [2.45, 2.75) is 24.8 Å². The van der Waals surface area contributed by atoms with Gasteiger partial charge in [-0.25, -0.2) is 8.42 Å². The molecule has 3 aromatic rings. The van der Waals surface area contributed by atoms with Crippen molar-refractivity contribution in [3.8, 4) is 5.75 Å². The van der Waals surface area contributed by atoms with E-state index in [9.17, 15) is 13.2 Å². The molecule has 0 saturated heterocycles.